The molecule has 3 rings (SSSR count). The van der Waals surface area contributed by atoms with Gasteiger partial charge in [-0.3, -0.25) is 19.8 Å². The molecule has 0 saturated heterocycles. The number of nitro benzene ring substituents is 1. The standard InChI is InChI=1S/C19H20FN3O3/c1-13-18-11-15(20)6-5-14(18)7-9-22(13)10-8-19(24)21-16-3-2-4-17(12-16)23(25)26/h2-6,11-13H,7-10H2,1H3,(H,21,24). The van der Waals surface area contributed by atoms with Crippen LogP contribution in [0.3, 0.4) is 0 Å². The van der Waals surface area contributed by atoms with Crippen molar-refractivity contribution in [2.45, 2.75) is 25.8 Å². The van der Waals surface area contributed by atoms with Gasteiger partial charge in [0.05, 0.1) is 4.92 Å². The van der Waals surface area contributed by atoms with Gasteiger partial charge in [-0.1, -0.05) is 12.1 Å². The van der Waals surface area contributed by atoms with E-state index in [9.17, 15) is 19.3 Å². The Bertz CT molecular complexity index is 841. The third-order valence-corrected chi connectivity index (χ3v) is 4.74. The Morgan fingerprint density at radius 3 is 2.92 bits per heavy atom. The van der Waals surface area contributed by atoms with E-state index in [1.54, 1.807) is 12.1 Å². The van der Waals surface area contributed by atoms with Crippen molar-refractivity contribution < 1.29 is 14.1 Å². The van der Waals surface area contributed by atoms with Gasteiger partial charge < -0.3 is 5.32 Å². The molecular formula is C19H20FN3O3. The summed E-state index contributed by atoms with van der Waals surface area (Å²) in [5.74, 6) is -0.455. The molecule has 2 aromatic carbocycles. The number of benzene rings is 2. The van der Waals surface area contributed by atoms with Gasteiger partial charge in [-0.2, -0.15) is 0 Å². The van der Waals surface area contributed by atoms with E-state index >= 15 is 0 Å². The SMILES string of the molecule is CC1c2cc(F)ccc2CCN1CCC(=O)Nc1cccc([N+](=O)[O-])c1. The third-order valence-electron chi connectivity index (χ3n) is 4.74. The summed E-state index contributed by atoms with van der Waals surface area (Å²) in [5, 5.41) is 13.5. The summed E-state index contributed by atoms with van der Waals surface area (Å²) in [5.41, 5.74) is 2.46. The maximum atomic E-state index is 13.5. The third kappa shape index (κ3) is 4.05. The van der Waals surface area contributed by atoms with Crippen molar-refractivity contribution in [1.29, 1.82) is 0 Å². The summed E-state index contributed by atoms with van der Waals surface area (Å²) in [6.07, 6.45) is 1.09. The predicted molar refractivity (Wildman–Crippen MR) is 96.4 cm³/mol. The number of nitro groups is 1. The lowest BCUT2D eigenvalue weighted by Gasteiger charge is -2.35. The second-order valence-electron chi connectivity index (χ2n) is 6.41. The fourth-order valence-corrected chi connectivity index (χ4v) is 3.31. The first kappa shape index (κ1) is 18.0. The van der Waals surface area contributed by atoms with Crippen LogP contribution in [-0.4, -0.2) is 28.8 Å². The average molecular weight is 357 g/mol. The quantitative estimate of drug-likeness (QED) is 0.654. The Morgan fingerprint density at radius 2 is 2.15 bits per heavy atom. The minimum absolute atomic E-state index is 0.0417. The highest BCUT2D eigenvalue weighted by atomic mass is 19.1. The monoisotopic (exact) mass is 357 g/mol. The highest BCUT2D eigenvalue weighted by molar-refractivity contribution is 5.91. The van der Waals surface area contributed by atoms with E-state index in [2.05, 4.69) is 10.2 Å². The Morgan fingerprint density at radius 1 is 1.35 bits per heavy atom. The molecule has 1 unspecified atom stereocenters. The van der Waals surface area contributed by atoms with Crippen LogP contribution in [-0.2, 0) is 11.2 Å². The van der Waals surface area contributed by atoms with Gasteiger partial charge in [0, 0.05) is 43.4 Å². The second-order valence-corrected chi connectivity index (χ2v) is 6.41. The summed E-state index contributed by atoms with van der Waals surface area (Å²) < 4.78 is 13.5. The molecule has 7 heteroatoms. The molecule has 0 fully saturated rings. The highest BCUT2D eigenvalue weighted by Crippen LogP contribution is 2.30. The van der Waals surface area contributed by atoms with E-state index < -0.39 is 4.92 Å². The minimum atomic E-state index is -0.498. The zero-order chi connectivity index (χ0) is 18.7. The number of amides is 1. The van der Waals surface area contributed by atoms with Crippen molar-refractivity contribution in [3.63, 3.8) is 0 Å². The van der Waals surface area contributed by atoms with Crippen LogP contribution >= 0.6 is 0 Å². The largest absolute Gasteiger partial charge is 0.326 e. The summed E-state index contributed by atoms with van der Waals surface area (Å²) >= 11 is 0. The Kier molecular flexibility index (Phi) is 5.27. The molecule has 0 aromatic heterocycles. The molecule has 1 amide bonds. The smallest absolute Gasteiger partial charge is 0.271 e. The van der Waals surface area contributed by atoms with Crippen LogP contribution in [0.5, 0.6) is 0 Å². The maximum absolute atomic E-state index is 13.5. The highest BCUT2D eigenvalue weighted by Gasteiger charge is 2.24. The van der Waals surface area contributed by atoms with E-state index in [0.29, 0.717) is 12.2 Å². The average Bonchev–Trinajstić information content (AvgIpc) is 2.62. The number of hydrogen-bond donors (Lipinski definition) is 1. The molecule has 0 radical (unpaired) electrons. The molecule has 1 atom stereocenters. The normalized spacial score (nSPS) is 16.8. The summed E-state index contributed by atoms with van der Waals surface area (Å²) in [7, 11) is 0. The molecule has 1 heterocycles. The number of fused-ring (bicyclic) bond motifs is 1. The zero-order valence-corrected chi connectivity index (χ0v) is 14.4. The summed E-state index contributed by atoms with van der Waals surface area (Å²) in [4.78, 5) is 24.6. The maximum Gasteiger partial charge on any atom is 0.271 e. The van der Waals surface area contributed by atoms with E-state index in [0.717, 1.165) is 24.1 Å². The number of halogens is 1. The Hall–Kier alpha value is -2.80. The van der Waals surface area contributed by atoms with Crippen molar-refractivity contribution in [2.24, 2.45) is 0 Å². The fourth-order valence-electron chi connectivity index (χ4n) is 3.31. The molecule has 26 heavy (non-hydrogen) atoms. The molecule has 1 N–H and O–H groups in total. The fraction of sp³-hybridized carbons (Fsp3) is 0.316. The van der Waals surface area contributed by atoms with Crippen LogP contribution in [0.15, 0.2) is 42.5 Å². The van der Waals surface area contributed by atoms with Gasteiger partial charge in [-0.25, -0.2) is 4.39 Å². The first-order valence-corrected chi connectivity index (χ1v) is 8.51. The van der Waals surface area contributed by atoms with Crippen molar-refractivity contribution in [2.75, 3.05) is 18.4 Å². The lowest BCUT2D eigenvalue weighted by molar-refractivity contribution is -0.384. The van der Waals surface area contributed by atoms with E-state index in [1.807, 2.05) is 13.0 Å². The lowest BCUT2D eigenvalue weighted by Crippen LogP contribution is -2.36. The first-order valence-electron chi connectivity index (χ1n) is 8.51. The van der Waals surface area contributed by atoms with Crippen LogP contribution in [0.4, 0.5) is 15.8 Å². The number of rotatable bonds is 5. The predicted octanol–water partition coefficient (Wildman–Crippen LogP) is 3.68. The molecule has 2 aromatic rings. The molecule has 0 saturated carbocycles. The number of hydrogen-bond acceptors (Lipinski definition) is 4. The van der Waals surface area contributed by atoms with Crippen molar-refractivity contribution in [1.82, 2.24) is 4.90 Å². The number of carbonyl (C=O) groups excluding carboxylic acids is 1. The van der Waals surface area contributed by atoms with Crippen molar-refractivity contribution in [3.05, 3.63) is 69.5 Å². The second kappa shape index (κ2) is 7.61. The number of nitrogens with one attached hydrogen (secondary N) is 1. The molecule has 1 aliphatic rings. The number of non-ortho nitro benzene ring substituents is 1. The van der Waals surface area contributed by atoms with E-state index in [4.69, 9.17) is 0 Å². The molecule has 136 valence electrons. The van der Waals surface area contributed by atoms with Crippen LogP contribution in [0.25, 0.3) is 0 Å². The van der Waals surface area contributed by atoms with E-state index in [1.165, 1.54) is 24.3 Å². The Balaban J connectivity index is 1.58. The van der Waals surface area contributed by atoms with Gasteiger partial charge in [0.15, 0.2) is 0 Å². The van der Waals surface area contributed by atoms with Gasteiger partial charge >= 0.3 is 0 Å². The van der Waals surface area contributed by atoms with Crippen LogP contribution in [0.1, 0.15) is 30.5 Å². The summed E-state index contributed by atoms with van der Waals surface area (Å²) in [6.45, 7) is 3.36. The Labute approximate surface area is 150 Å². The zero-order valence-electron chi connectivity index (χ0n) is 14.4. The van der Waals surface area contributed by atoms with Crippen LogP contribution in [0.2, 0.25) is 0 Å². The van der Waals surface area contributed by atoms with Crippen LogP contribution < -0.4 is 5.32 Å². The number of nitrogens with zero attached hydrogens (tertiary/aromatic N) is 2. The minimum Gasteiger partial charge on any atom is -0.326 e. The van der Waals surface area contributed by atoms with Gasteiger partial charge in [0.2, 0.25) is 5.91 Å². The van der Waals surface area contributed by atoms with Crippen LogP contribution in [0, 0.1) is 15.9 Å². The number of carbonyl (C=O) groups is 1. The molecule has 0 aliphatic carbocycles. The van der Waals surface area contributed by atoms with Gasteiger partial charge in [-0.15, -0.1) is 0 Å². The molecule has 0 spiro atoms. The van der Waals surface area contributed by atoms with Crippen molar-refractivity contribution in [3.8, 4) is 0 Å². The summed E-state index contributed by atoms with van der Waals surface area (Å²) in [6, 6.07) is 10.8. The topological polar surface area (TPSA) is 75.5 Å². The van der Waals surface area contributed by atoms with Crippen molar-refractivity contribution >= 4 is 17.3 Å². The number of anilines is 1. The molecule has 6 nitrogen and oxygen atoms in total. The van der Waals surface area contributed by atoms with Gasteiger partial charge in [-0.05, 0) is 42.7 Å². The molecular weight excluding hydrogens is 337 g/mol. The molecule has 1 aliphatic heterocycles. The molecule has 0 bridgehead atoms. The van der Waals surface area contributed by atoms with Gasteiger partial charge in [0.25, 0.3) is 5.69 Å². The van der Waals surface area contributed by atoms with E-state index in [-0.39, 0.29) is 29.9 Å². The first-order chi connectivity index (χ1) is 12.4. The van der Waals surface area contributed by atoms with Gasteiger partial charge in [0.1, 0.15) is 5.82 Å². The lowest BCUT2D eigenvalue weighted by atomic mass is 9.93.